The van der Waals surface area contributed by atoms with Gasteiger partial charge < -0.3 is 5.11 Å². The summed E-state index contributed by atoms with van der Waals surface area (Å²) in [5, 5.41) is 9.17. The average molecular weight is 219 g/mol. The topological polar surface area (TPSA) is 23.5 Å². The van der Waals surface area contributed by atoms with E-state index < -0.39 is 0 Å². The van der Waals surface area contributed by atoms with E-state index in [9.17, 15) is 5.11 Å². The number of aliphatic hydroxyl groups is 1. The van der Waals surface area contributed by atoms with Crippen LogP contribution in [0, 0.1) is 5.92 Å². The second-order valence-corrected chi connectivity index (χ2v) is 4.74. The summed E-state index contributed by atoms with van der Waals surface area (Å²) in [5.41, 5.74) is 1.39. The van der Waals surface area contributed by atoms with Crippen molar-refractivity contribution in [2.24, 2.45) is 5.92 Å². The number of aliphatic hydroxyl groups excluding tert-OH is 1. The third kappa shape index (κ3) is 3.32. The van der Waals surface area contributed by atoms with Crippen LogP contribution in [0.3, 0.4) is 0 Å². The highest BCUT2D eigenvalue weighted by molar-refractivity contribution is 5.14. The summed E-state index contributed by atoms with van der Waals surface area (Å²) in [6, 6.07) is 10.6. The summed E-state index contributed by atoms with van der Waals surface area (Å²) in [5.74, 6) is 0.528. The Hall–Kier alpha value is -0.860. The van der Waals surface area contributed by atoms with E-state index in [-0.39, 0.29) is 0 Å². The zero-order valence-corrected chi connectivity index (χ0v) is 9.81. The van der Waals surface area contributed by atoms with Crippen molar-refractivity contribution in [3.05, 3.63) is 35.9 Å². The van der Waals surface area contributed by atoms with Gasteiger partial charge in [0.05, 0.1) is 0 Å². The van der Waals surface area contributed by atoms with Crippen molar-refractivity contribution in [3.63, 3.8) is 0 Å². The SMILES string of the molecule is OCC1CCCN(Cc2ccccc2)CC1. The lowest BCUT2D eigenvalue weighted by atomic mass is 10.0. The minimum atomic E-state index is 0.360. The van der Waals surface area contributed by atoms with E-state index >= 15 is 0 Å². The van der Waals surface area contributed by atoms with Crippen molar-refractivity contribution >= 4 is 0 Å². The molecule has 1 unspecified atom stereocenters. The Bertz CT molecular complexity index is 299. The molecule has 2 nitrogen and oxygen atoms in total. The van der Waals surface area contributed by atoms with Crippen LogP contribution in [0.2, 0.25) is 0 Å². The molecule has 0 saturated carbocycles. The molecule has 1 N–H and O–H groups in total. The fraction of sp³-hybridized carbons (Fsp3) is 0.571. The van der Waals surface area contributed by atoms with Gasteiger partial charge in [-0.1, -0.05) is 30.3 Å². The first kappa shape index (κ1) is 11.6. The van der Waals surface area contributed by atoms with Crippen molar-refractivity contribution in [1.82, 2.24) is 4.90 Å². The molecule has 88 valence electrons. The number of likely N-dealkylation sites (tertiary alicyclic amines) is 1. The molecule has 0 spiro atoms. The lowest BCUT2D eigenvalue weighted by Gasteiger charge is -2.19. The maximum absolute atomic E-state index is 9.17. The van der Waals surface area contributed by atoms with Gasteiger partial charge in [0.1, 0.15) is 0 Å². The molecule has 1 aromatic rings. The van der Waals surface area contributed by atoms with Gasteiger partial charge in [-0.25, -0.2) is 0 Å². The molecule has 0 bridgehead atoms. The molecular weight excluding hydrogens is 198 g/mol. The molecule has 1 heterocycles. The lowest BCUT2D eigenvalue weighted by Crippen LogP contribution is -2.24. The summed E-state index contributed by atoms with van der Waals surface area (Å²) in [6.07, 6.45) is 3.54. The second-order valence-electron chi connectivity index (χ2n) is 4.74. The predicted molar refractivity (Wildman–Crippen MR) is 66.1 cm³/mol. The van der Waals surface area contributed by atoms with Crippen molar-refractivity contribution in [2.75, 3.05) is 19.7 Å². The Labute approximate surface area is 97.9 Å². The molecule has 2 rings (SSSR count). The molecule has 0 amide bonds. The molecule has 0 radical (unpaired) electrons. The molecule has 1 saturated heterocycles. The molecule has 1 aliphatic heterocycles. The number of hydrogen-bond donors (Lipinski definition) is 1. The van der Waals surface area contributed by atoms with Crippen molar-refractivity contribution < 1.29 is 5.11 Å². The lowest BCUT2D eigenvalue weighted by molar-refractivity contribution is 0.207. The first-order valence-corrected chi connectivity index (χ1v) is 6.25. The third-order valence-electron chi connectivity index (χ3n) is 3.45. The highest BCUT2D eigenvalue weighted by Gasteiger charge is 2.15. The molecular formula is C14H21NO. The monoisotopic (exact) mass is 219 g/mol. The van der Waals surface area contributed by atoms with Crippen LogP contribution in [-0.2, 0) is 6.54 Å². The van der Waals surface area contributed by atoms with Gasteiger partial charge in [-0.3, -0.25) is 4.90 Å². The zero-order chi connectivity index (χ0) is 11.2. The van der Waals surface area contributed by atoms with Crippen LogP contribution in [-0.4, -0.2) is 29.7 Å². The molecule has 0 aliphatic carbocycles. The van der Waals surface area contributed by atoms with Crippen molar-refractivity contribution in [2.45, 2.75) is 25.8 Å². The molecule has 1 fully saturated rings. The smallest absolute Gasteiger partial charge is 0.0459 e. The van der Waals surface area contributed by atoms with E-state index in [1.807, 2.05) is 0 Å². The third-order valence-corrected chi connectivity index (χ3v) is 3.45. The predicted octanol–water partition coefficient (Wildman–Crippen LogP) is 2.28. The molecule has 1 aromatic carbocycles. The van der Waals surface area contributed by atoms with Crippen molar-refractivity contribution in [1.29, 1.82) is 0 Å². The Balaban J connectivity index is 1.86. The van der Waals surface area contributed by atoms with Crippen LogP contribution < -0.4 is 0 Å². The highest BCUT2D eigenvalue weighted by atomic mass is 16.3. The summed E-state index contributed by atoms with van der Waals surface area (Å²) >= 11 is 0. The number of benzene rings is 1. The van der Waals surface area contributed by atoms with E-state index in [0.29, 0.717) is 12.5 Å². The Morgan fingerprint density at radius 3 is 2.69 bits per heavy atom. The Morgan fingerprint density at radius 2 is 1.94 bits per heavy atom. The molecule has 16 heavy (non-hydrogen) atoms. The first-order chi connectivity index (χ1) is 7.88. The molecule has 1 atom stereocenters. The van der Waals surface area contributed by atoms with Gasteiger partial charge in [0.15, 0.2) is 0 Å². The van der Waals surface area contributed by atoms with Crippen molar-refractivity contribution in [3.8, 4) is 0 Å². The van der Waals surface area contributed by atoms with Crippen LogP contribution >= 0.6 is 0 Å². The van der Waals surface area contributed by atoms with Gasteiger partial charge in [0.25, 0.3) is 0 Å². The fourth-order valence-corrected chi connectivity index (χ4v) is 2.41. The first-order valence-electron chi connectivity index (χ1n) is 6.25. The summed E-state index contributed by atoms with van der Waals surface area (Å²) in [7, 11) is 0. The van der Waals surface area contributed by atoms with Crippen LogP contribution in [0.4, 0.5) is 0 Å². The van der Waals surface area contributed by atoms with Gasteiger partial charge in [-0.2, -0.15) is 0 Å². The zero-order valence-electron chi connectivity index (χ0n) is 9.81. The van der Waals surface area contributed by atoms with E-state index in [1.54, 1.807) is 0 Å². The average Bonchev–Trinajstić information content (AvgIpc) is 2.56. The maximum atomic E-state index is 9.17. The van der Waals surface area contributed by atoms with E-state index in [2.05, 4.69) is 35.2 Å². The van der Waals surface area contributed by atoms with Gasteiger partial charge in [-0.15, -0.1) is 0 Å². The standard InChI is InChI=1S/C14H21NO/c16-12-14-7-4-9-15(10-8-14)11-13-5-2-1-3-6-13/h1-3,5-6,14,16H,4,7-12H2. The van der Waals surface area contributed by atoms with Gasteiger partial charge in [0, 0.05) is 13.2 Å². The normalized spacial score (nSPS) is 22.9. The maximum Gasteiger partial charge on any atom is 0.0459 e. The summed E-state index contributed by atoms with van der Waals surface area (Å²) < 4.78 is 0. The summed E-state index contributed by atoms with van der Waals surface area (Å²) in [4.78, 5) is 2.50. The molecule has 0 aromatic heterocycles. The minimum absolute atomic E-state index is 0.360. The summed E-state index contributed by atoms with van der Waals surface area (Å²) in [6.45, 7) is 3.71. The van der Waals surface area contributed by atoms with E-state index in [1.165, 1.54) is 24.9 Å². The fourth-order valence-electron chi connectivity index (χ4n) is 2.41. The molecule has 1 aliphatic rings. The van der Waals surface area contributed by atoms with E-state index in [4.69, 9.17) is 0 Å². The quantitative estimate of drug-likeness (QED) is 0.843. The minimum Gasteiger partial charge on any atom is -0.396 e. The van der Waals surface area contributed by atoms with Gasteiger partial charge in [-0.05, 0) is 43.8 Å². The largest absolute Gasteiger partial charge is 0.396 e. The van der Waals surface area contributed by atoms with Crippen LogP contribution in [0.25, 0.3) is 0 Å². The van der Waals surface area contributed by atoms with E-state index in [0.717, 1.165) is 19.5 Å². The van der Waals surface area contributed by atoms with Crippen LogP contribution in [0.1, 0.15) is 24.8 Å². The van der Waals surface area contributed by atoms with Crippen LogP contribution in [0.15, 0.2) is 30.3 Å². The molecule has 2 heteroatoms. The van der Waals surface area contributed by atoms with Crippen LogP contribution in [0.5, 0.6) is 0 Å². The van der Waals surface area contributed by atoms with Gasteiger partial charge in [0.2, 0.25) is 0 Å². The number of hydrogen-bond acceptors (Lipinski definition) is 2. The Morgan fingerprint density at radius 1 is 1.12 bits per heavy atom. The second kappa shape index (κ2) is 6.02. The number of rotatable bonds is 3. The van der Waals surface area contributed by atoms with Gasteiger partial charge >= 0.3 is 0 Å². The number of nitrogens with zero attached hydrogens (tertiary/aromatic N) is 1. The Kier molecular flexibility index (Phi) is 4.37. The highest BCUT2D eigenvalue weighted by Crippen LogP contribution is 2.18.